The van der Waals surface area contributed by atoms with Crippen LogP contribution in [0.4, 0.5) is 0 Å². The van der Waals surface area contributed by atoms with Gasteiger partial charge in [0, 0.05) is 28.9 Å². The molecule has 1 aliphatic rings. The molecule has 1 fully saturated rings. The lowest BCUT2D eigenvalue weighted by Gasteiger charge is -2.17. The Bertz CT molecular complexity index is 761. The standard InChI is InChI=1S/C17H16ClNO4/c18-14-5-6-15(13-4-2-1-3-12(13)14)23-10-16(20)19-8-7-11(9-19)17(21)22/h1-6,11H,7-10H2,(H,21,22). The second-order valence-electron chi connectivity index (χ2n) is 5.54. The lowest BCUT2D eigenvalue weighted by Crippen LogP contribution is -2.33. The third-order valence-corrected chi connectivity index (χ3v) is 4.40. The van der Waals surface area contributed by atoms with Crippen molar-refractivity contribution in [2.24, 2.45) is 5.92 Å². The number of halogens is 1. The molecule has 1 heterocycles. The fourth-order valence-electron chi connectivity index (χ4n) is 2.78. The molecule has 0 saturated carbocycles. The van der Waals surface area contributed by atoms with Gasteiger partial charge in [-0.05, 0) is 18.6 Å². The first kappa shape index (κ1) is 15.6. The van der Waals surface area contributed by atoms with Gasteiger partial charge in [-0.2, -0.15) is 0 Å². The van der Waals surface area contributed by atoms with E-state index in [4.69, 9.17) is 21.4 Å². The van der Waals surface area contributed by atoms with Crippen LogP contribution >= 0.6 is 11.6 Å². The van der Waals surface area contributed by atoms with Crippen LogP contribution in [-0.2, 0) is 9.59 Å². The fraction of sp³-hybridized carbons (Fsp3) is 0.294. The number of carboxylic acid groups (broad SMARTS) is 1. The van der Waals surface area contributed by atoms with Crippen LogP contribution in [0, 0.1) is 5.92 Å². The molecule has 2 aromatic carbocycles. The number of ether oxygens (including phenoxy) is 1. The third kappa shape index (κ3) is 3.24. The Morgan fingerprint density at radius 1 is 1.22 bits per heavy atom. The van der Waals surface area contributed by atoms with E-state index < -0.39 is 11.9 Å². The number of nitrogens with zero attached hydrogens (tertiary/aromatic N) is 1. The number of hydrogen-bond acceptors (Lipinski definition) is 3. The van der Waals surface area contributed by atoms with E-state index in [1.54, 1.807) is 12.1 Å². The second kappa shape index (κ2) is 6.46. The van der Waals surface area contributed by atoms with Gasteiger partial charge in [-0.15, -0.1) is 0 Å². The van der Waals surface area contributed by atoms with E-state index >= 15 is 0 Å². The van der Waals surface area contributed by atoms with Crippen molar-refractivity contribution in [3.8, 4) is 5.75 Å². The van der Waals surface area contributed by atoms with Crippen molar-refractivity contribution in [3.05, 3.63) is 41.4 Å². The van der Waals surface area contributed by atoms with Crippen molar-refractivity contribution in [3.63, 3.8) is 0 Å². The van der Waals surface area contributed by atoms with Gasteiger partial charge in [0.1, 0.15) is 5.75 Å². The minimum atomic E-state index is -0.857. The molecule has 6 heteroatoms. The van der Waals surface area contributed by atoms with Crippen LogP contribution in [0.2, 0.25) is 5.02 Å². The van der Waals surface area contributed by atoms with Crippen LogP contribution in [0.3, 0.4) is 0 Å². The molecule has 1 N–H and O–H groups in total. The van der Waals surface area contributed by atoms with Gasteiger partial charge in [0.15, 0.2) is 6.61 Å². The molecule has 1 amide bonds. The summed E-state index contributed by atoms with van der Waals surface area (Å²) in [5.41, 5.74) is 0. The highest BCUT2D eigenvalue weighted by atomic mass is 35.5. The summed E-state index contributed by atoms with van der Waals surface area (Å²) in [6, 6.07) is 11.0. The van der Waals surface area contributed by atoms with Gasteiger partial charge in [0.05, 0.1) is 5.92 Å². The van der Waals surface area contributed by atoms with E-state index in [9.17, 15) is 9.59 Å². The first-order valence-corrected chi connectivity index (χ1v) is 7.74. The zero-order chi connectivity index (χ0) is 16.4. The summed E-state index contributed by atoms with van der Waals surface area (Å²) in [4.78, 5) is 24.7. The fourth-order valence-corrected chi connectivity index (χ4v) is 3.01. The van der Waals surface area contributed by atoms with Crippen molar-refractivity contribution < 1.29 is 19.4 Å². The minimum Gasteiger partial charge on any atom is -0.483 e. The number of carbonyl (C=O) groups excluding carboxylic acids is 1. The largest absolute Gasteiger partial charge is 0.483 e. The van der Waals surface area contributed by atoms with Gasteiger partial charge in [0.2, 0.25) is 0 Å². The average molecular weight is 334 g/mol. The summed E-state index contributed by atoms with van der Waals surface area (Å²) in [5.74, 6) is -0.944. The van der Waals surface area contributed by atoms with Gasteiger partial charge < -0.3 is 14.7 Å². The number of carbonyl (C=O) groups is 2. The molecule has 120 valence electrons. The Hall–Kier alpha value is -2.27. The molecule has 0 radical (unpaired) electrons. The van der Waals surface area contributed by atoms with E-state index in [1.165, 1.54) is 4.90 Å². The summed E-state index contributed by atoms with van der Waals surface area (Å²) in [6.07, 6.45) is 0.491. The molecule has 1 aliphatic heterocycles. The molecular weight excluding hydrogens is 318 g/mol. The lowest BCUT2D eigenvalue weighted by atomic mass is 10.1. The highest BCUT2D eigenvalue weighted by Gasteiger charge is 2.30. The number of benzene rings is 2. The van der Waals surface area contributed by atoms with Crippen LogP contribution in [-0.4, -0.2) is 41.6 Å². The SMILES string of the molecule is O=C(O)C1CCN(C(=O)COc2ccc(Cl)c3ccccc23)C1. The topological polar surface area (TPSA) is 66.8 Å². The minimum absolute atomic E-state index is 0.113. The number of carboxylic acids is 1. The van der Waals surface area contributed by atoms with Crippen molar-refractivity contribution in [1.29, 1.82) is 0 Å². The van der Waals surface area contributed by atoms with Crippen molar-refractivity contribution >= 4 is 34.2 Å². The van der Waals surface area contributed by atoms with Gasteiger partial charge in [-0.1, -0.05) is 35.9 Å². The molecule has 0 spiro atoms. The normalized spacial score (nSPS) is 17.4. The highest BCUT2D eigenvalue weighted by Crippen LogP contribution is 2.31. The van der Waals surface area contributed by atoms with Crippen LogP contribution in [0.5, 0.6) is 5.75 Å². The average Bonchev–Trinajstić information content (AvgIpc) is 3.05. The molecule has 3 rings (SSSR count). The van der Waals surface area contributed by atoms with E-state index in [2.05, 4.69) is 0 Å². The van der Waals surface area contributed by atoms with E-state index in [0.717, 1.165) is 10.8 Å². The van der Waals surface area contributed by atoms with Crippen molar-refractivity contribution in [1.82, 2.24) is 4.90 Å². The van der Waals surface area contributed by atoms with Crippen molar-refractivity contribution in [2.75, 3.05) is 19.7 Å². The van der Waals surface area contributed by atoms with Gasteiger partial charge in [0.25, 0.3) is 5.91 Å². The molecular formula is C17H16ClNO4. The monoisotopic (exact) mass is 333 g/mol. The summed E-state index contributed by atoms with van der Waals surface area (Å²) < 4.78 is 5.65. The van der Waals surface area contributed by atoms with Gasteiger partial charge >= 0.3 is 5.97 Å². The zero-order valence-electron chi connectivity index (χ0n) is 12.4. The summed E-state index contributed by atoms with van der Waals surface area (Å²) in [5, 5.41) is 11.3. The van der Waals surface area contributed by atoms with Crippen molar-refractivity contribution in [2.45, 2.75) is 6.42 Å². The molecule has 1 atom stereocenters. The predicted octanol–water partition coefficient (Wildman–Crippen LogP) is 2.81. The third-order valence-electron chi connectivity index (χ3n) is 4.07. The predicted molar refractivity (Wildman–Crippen MR) is 86.8 cm³/mol. The molecule has 0 bridgehead atoms. The molecule has 1 unspecified atom stereocenters. The Balaban J connectivity index is 1.68. The smallest absolute Gasteiger partial charge is 0.308 e. The number of fused-ring (bicyclic) bond motifs is 1. The zero-order valence-corrected chi connectivity index (χ0v) is 13.1. The van der Waals surface area contributed by atoms with E-state index in [-0.39, 0.29) is 19.1 Å². The maximum Gasteiger partial charge on any atom is 0.308 e. The number of hydrogen-bond donors (Lipinski definition) is 1. The van der Waals surface area contributed by atoms with E-state index in [0.29, 0.717) is 23.7 Å². The molecule has 1 saturated heterocycles. The molecule has 0 aromatic heterocycles. The number of rotatable bonds is 4. The summed E-state index contributed by atoms with van der Waals surface area (Å²) in [7, 11) is 0. The quantitative estimate of drug-likeness (QED) is 0.934. The Labute approximate surface area is 138 Å². The Kier molecular flexibility index (Phi) is 4.39. The maximum absolute atomic E-state index is 12.2. The summed E-state index contributed by atoms with van der Waals surface area (Å²) >= 11 is 6.15. The lowest BCUT2D eigenvalue weighted by molar-refractivity contribution is -0.141. The highest BCUT2D eigenvalue weighted by molar-refractivity contribution is 6.35. The van der Waals surface area contributed by atoms with Crippen LogP contribution < -0.4 is 4.74 Å². The molecule has 0 aliphatic carbocycles. The molecule has 23 heavy (non-hydrogen) atoms. The number of likely N-dealkylation sites (tertiary alicyclic amines) is 1. The number of amides is 1. The van der Waals surface area contributed by atoms with Gasteiger partial charge in [-0.25, -0.2) is 0 Å². The molecule has 2 aromatic rings. The summed E-state index contributed by atoms with van der Waals surface area (Å²) in [6.45, 7) is 0.595. The first-order valence-electron chi connectivity index (χ1n) is 7.37. The second-order valence-corrected chi connectivity index (χ2v) is 5.95. The van der Waals surface area contributed by atoms with Crippen LogP contribution in [0.15, 0.2) is 36.4 Å². The number of aliphatic carboxylic acids is 1. The van der Waals surface area contributed by atoms with Gasteiger partial charge in [-0.3, -0.25) is 9.59 Å². The first-order chi connectivity index (χ1) is 11.1. The van der Waals surface area contributed by atoms with Crippen LogP contribution in [0.1, 0.15) is 6.42 Å². The van der Waals surface area contributed by atoms with Crippen LogP contribution in [0.25, 0.3) is 10.8 Å². The maximum atomic E-state index is 12.2. The molecule has 5 nitrogen and oxygen atoms in total. The Morgan fingerprint density at radius 2 is 1.96 bits per heavy atom. The Morgan fingerprint density at radius 3 is 2.65 bits per heavy atom. The van der Waals surface area contributed by atoms with E-state index in [1.807, 2.05) is 24.3 Å².